The number of ether oxygens (including phenoxy) is 3. The second kappa shape index (κ2) is 13.0. The zero-order valence-electron chi connectivity index (χ0n) is 25.7. The molecule has 0 saturated heterocycles. The zero-order chi connectivity index (χ0) is 30.8. The number of hydrogen-bond donors (Lipinski definition) is 1. The number of esters is 1. The van der Waals surface area contributed by atoms with Crippen molar-refractivity contribution in [3.05, 3.63) is 34.9 Å². The molecule has 41 heavy (non-hydrogen) atoms. The molecule has 1 aliphatic heterocycles. The van der Waals surface area contributed by atoms with E-state index in [1.54, 1.807) is 26.8 Å². The Morgan fingerprint density at radius 1 is 1.22 bits per heavy atom. The van der Waals surface area contributed by atoms with E-state index in [0.29, 0.717) is 23.3 Å². The molecular weight excluding hydrogens is 539 g/mol. The molecule has 1 aromatic rings. The van der Waals surface area contributed by atoms with Gasteiger partial charge in [0.15, 0.2) is 0 Å². The summed E-state index contributed by atoms with van der Waals surface area (Å²) in [5.41, 5.74) is 0.778. The van der Waals surface area contributed by atoms with Crippen LogP contribution >= 0.6 is 7.52 Å². The molecular formula is C30H44B2NO7P. The van der Waals surface area contributed by atoms with Gasteiger partial charge in [-0.15, -0.1) is 0 Å². The molecule has 4 unspecified atom stereocenters. The van der Waals surface area contributed by atoms with Gasteiger partial charge in [0.2, 0.25) is 0 Å². The Bertz CT molecular complexity index is 1210. The molecule has 0 bridgehead atoms. The second-order valence-corrected chi connectivity index (χ2v) is 14.0. The molecule has 0 amide bonds. The van der Waals surface area contributed by atoms with Gasteiger partial charge in [-0.3, -0.25) is 4.79 Å². The van der Waals surface area contributed by atoms with Crippen LogP contribution in [0.4, 0.5) is 4.79 Å². The molecule has 11 heteroatoms. The molecule has 0 fully saturated rings. The highest BCUT2D eigenvalue weighted by molar-refractivity contribution is 7.74. The molecule has 1 N–H and O–H groups in total. The van der Waals surface area contributed by atoms with E-state index in [9.17, 15) is 14.2 Å². The lowest BCUT2D eigenvalue weighted by Gasteiger charge is -2.47. The average Bonchev–Trinajstić information content (AvgIpc) is 2.86. The maximum Gasteiger partial charge on any atom is 0.424 e. The van der Waals surface area contributed by atoms with Gasteiger partial charge < -0.3 is 18.7 Å². The minimum atomic E-state index is -4.51. The quantitative estimate of drug-likeness (QED) is 0.127. The molecule has 4 atom stereocenters. The summed E-state index contributed by atoms with van der Waals surface area (Å²) >= 11 is 0. The minimum Gasteiger partial charge on any atom is -0.487 e. The van der Waals surface area contributed by atoms with Crippen molar-refractivity contribution in [2.45, 2.75) is 116 Å². The predicted molar refractivity (Wildman–Crippen MR) is 162 cm³/mol. The molecule has 1 aromatic carbocycles. The molecule has 3 rings (SSSR count). The summed E-state index contributed by atoms with van der Waals surface area (Å²) in [6, 6.07) is 2.35. The van der Waals surface area contributed by atoms with Gasteiger partial charge in [-0.05, 0) is 73.4 Å². The van der Waals surface area contributed by atoms with Gasteiger partial charge in [0.25, 0.3) is 0 Å². The van der Waals surface area contributed by atoms with Gasteiger partial charge >= 0.3 is 19.2 Å². The number of nitrogens with one attached hydrogen (secondary N) is 1. The summed E-state index contributed by atoms with van der Waals surface area (Å²) in [5, 5.41) is 1.36. The Balaban J connectivity index is 2.20. The van der Waals surface area contributed by atoms with Crippen molar-refractivity contribution in [3.8, 4) is 11.5 Å². The summed E-state index contributed by atoms with van der Waals surface area (Å²) in [7, 11) is 8.70. The summed E-state index contributed by atoms with van der Waals surface area (Å²) < 4.78 is 37.5. The lowest BCUT2D eigenvalue weighted by Crippen LogP contribution is -2.45. The van der Waals surface area contributed by atoms with E-state index in [2.05, 4.69) is 31.9 Å². The fourth-order valence-electron chi connectivity index (χ4n) is 5.57. The Kier molecular flexibility index (Phi) is 10.6. The van der Waals surface area contributed by atoms with Crippen LogP contribution < -0.4 is 14.3 Å². The van der Waals surface area contributed by atoms with Crippen molar-refractivity contribution in [1.82, 2.24) is 5.09 Å². The molecule has 0 aromatic heterocycles. The zero-order valence-corrected chi connectivity index (χ0v) is 26.6. The van der Waals surface area contributed by atoms with E-state index in [-0.39, 0.29) is 24.2 Å². The number of carbonyl (C=O) groups excluding carboxylic acids is 2. The Morgan fingerprint density at radius 2 is 1.90 bits per heavy atom. The highest BCUT2D eigenvalue weighted by Gasteiger charge is 2.48. The standard InChI is InChI=1S/C30H44B2NO7P/c1-9-11-14-30(31,32)21-16-24-26(22-15-19(5)12-13-23(22)29(7,8)39-24)25(17-21)40-41(36,28(35)37-10-2)33-20(6)27(34)38-18(3)4/h15-18,20,22-23H,9-14H2,1-8H3,(H,33,36). The van der Waals surface area contributed by atoms with Crippen molar-refractivity contribution in [1.29, 1.82) is 0 Å². The van der Waals surface area contributed by atoms with Crippen molar-refractivity contribution in [2.75, 3.05) is 6.61 Å². The van der Waals surface area contributed by atoms with Gasteiger partial charge in [-0.2, -0.15) is 0 Å². The van der Waals surface area contributed by atoms with Crippen molar-refractivity contribution < 1.29 is 32.9 Å². The number of fused-ring (bicyclic) bond motifs is 3. The van der Waals surface area contributed by atoms with E-state index in [1.807, 2.05) is 13.0 Å². The van der Waals surface area contributed by atoms with E-state index < -0.39 is 42.2 Å². The topological polar surface area (TPSA) is 100 Å². The predicted octanol–water partition coefficient (Wildman–Crippen LogP) is 6.64. The van der Waals surface area contributed by atoms with Crippen LogP contribution in [0.15, 0.2) is 23.8 Å². The van der Waals surface area contributed by atoms with E-state index in [0.717, 1.165) is 25.7 Å². The SMILES string of the molecule is [B]C([B])(CCCC)c1cc2c(c(OP(=O)(NC(C)C(=O)OC(C)C)C(=O)OCC)c1)C1C=C(C)CCC1C(C)(C)O2. The van der Waals surface area contributed by atoms with Crippen LogP contribution in [0.5, 0.6) is 11.5 Å². The monoisotopic (exact) mass is 583 g/mol. The number of carbonyl (C=O) groups is 2. The minimum absolute atomic E-state index is 0.0352. The first-order valence-electron chi connectivity index (χ1n) is 14.6. The van der Waals surface area contributed by atoms with Gasteiger partial charge in [-0.1, -0.05) is 48.6 Å². The molecule has 8 nitrogen and oxygen atoms in total. The van der Waals surface area contributed by atoms with E-state index in [4.69, 9.17) is 34.4 Å². The molecule has 222 valence electrons. The first-order valence-corrected chi connectivity index (χ1v) is 16.2. The van der Waals surface area contributed by atoms with Crippen LogP contribution in [0.2, 0.25) is 0 Å². The van der Waals surface area contributed by atoms with Gasteiger partial charge in [-0.25, -0.2) is 14.4 Å². The molecule has 0 saturated carbocycles. The highest BCUT2D eigenvalue weighted by Crippen LogP contribution is 2.57. The molecule has 2 aliphatic rings. The number of hydrogen-bond acceptors (Lipinski definition) is 7. The van der Waals surface area contributed by atoms with Crippen molar-refractivity contribution >= 4 is 34.9 Å². The van der Waals surface area contributed by atoms with E-state index >= 15 is 0 Å². The average molecular weight is 583 g/mol. The highest BCUT2D eigenvalue weighted by atomic mass is 31.2. The smallest absolute Gasteiger partial charge is 0.424 e. The first-order chi connectivity index (χ1) is 19.0. The van der Waals surface area contributed by atoms with Crippen LogP contribution in [0, 0.1) is 5.92 Å². The third kappa shape index (κ3) is 7.62. The summed E-state index contributed by atoms with van der Waals surface area (Å²) in [4.78, 5) is 25.8. The summed E-state index contributed by atoms with van der Waals surface area (Å²) in [6.45, 7) is 14.7. The van der Waals surface area contributed by atoms with Gasteiger partial charge in [0.05, 0.1) is 28.4 Å². The number of rotatable bonds is 12. The van der Waals surface area contributed by atoms with Crippen molar-refractivity contribution in [3.63, 3.8) is 0 Å². The van der Waals surface area contributed by atoms with Crippen LogP contribution in [0.1, 0.15) is 105 Å². The van der Waals surface area contributed by atoms with Crippen molar-refractivity contribution in [2.24, 2.45) is 5.92 Å². The van der Waals surface area contributed by atoms with Crippen LogP contribution in [0.25, 0.3) is 0 Å². The summed E-state index contributed by atoms with van der Waals surface area (Å²) in [5.74, 6) is -0.0518. The van der Waals surface area contributed by atoms with Gasteiger partial charge in [0, 0.05) is 17.4 Å². The Labute approximate surface area is 248 Å². The molecule has 4 radical (unpaired) electrons. The van der Waals surface area contributed by atoms with Crippen LogP contribution in [0.3, 0.4) is 0 Å². The summed E-state index contributed by atoms with van der Waals surface area (Å²) in [6.07, 6.45) is 5.78. The van der Waals surface area contributed by atoms with Crippen LogP contribution in [-0.4, -0.2) is 51.7 Å². The van der Waals surface area contributed by atoms with Crippen LogP contribution in [-0.2, 0) is 24.0 Å². The fourth-order valence-corrected chi connectivity index (χ4v) is 7.14. The Morgan fingerprint density at radius 3 is 2.51 bits per heavy atom. The lowest BCUT2D eigenvalue weighted by atomic mass is 9.49. The molecule has 1 aliphatic carbocycles. The number of unbranched alkanes of at least 4 members (excludes halogenated alkanes) is 1. The fraction of sp³-hybridized carbons (Fsp3) is 0.667. The third-order valence-electron chi connectivity index (χ3n) is 7.74. The Hall–Kier alpha value is -2.18. The van der Waals surface area contributed by atoms with Gasteiger partial charge in [0.1, 0.15) is 23.1 Å². The maximum atomic E-state index is 14.3. The maximum absolute atomic E-state index is 14.3. The van der Waals surface area contributed by atoms with E-state index in [1.165, 1.54) is 12.5 Å². The number of allylic oxidation sites excluding steroid dienone is 2. The second-order valence-electron chi connectivity index (χ2n) is 12.1. The lowest BCUT2D eigenvalue weighted by molar-refractivity contribution is -0.149. The first kappa shape index (κ1) is 33.3. The molecule has 1 heterocycles. The largest absolute Gasteiger partial charge is 0.487 e. The third-order valence-corrected chi connectivity index (χ3v) is 9.53. The molecule has 0 spiro atoms. The normalized spacial score (nSPS) is 21.8. The number of benzene rings is 1.